The molecular weight excluding hydrogens is 423 g/mol. The summed E-state index contributed by atoms with van der Waals surface area (Å²) in [5.74, 6) is 0.277. The Kier molecular flexibility index (Phi) is 5.79. The quantitative estimate of drug-likeness (QED) is 0.669. The van der Waals surface area contributed by atoms with Gasteiger partial charge in [0.1, 0.15) is 11.5 Å². The molecule has 0 saturated carbocycles. The Morgan fingerprint density at radius 3 is 2.66 bits per heavy atom. The zero-order valence-electron chi connectivity index (χ0n) is 17.8. The summed E-state index contributed by atoms with van der Waals surface area (Å²) in [5, 5.41) is 2.78. The van der Waals surface area contributed by atoms with Crippen LogP contribution in [0.5, 0.6) is 0 Å². The molecule has 0 spiro atoms. The third kappa shape index (κ3) is 4.53. The molecule has 32 heavy (non-hydrogen) atoms. The first-order chi connectivity index (χ1) is 15.1. The zero-order valence-corrected chi connectivity index (χ0v) is 17.8. The predicted octanol–water partition coefficient (Wildman–Crippen LogP) is 4.76. The highest BCUT2D eigenvalue weighted by molar-refractivity contribution is 6.05. The average Bonchev–Trinajstić information content (AvgIpc) is 3.15. The number of pyridine rings is 2. The first kappa shape index (κ1) is 22.0. The van der Waals surface area contributed by atoms with Crippen LogP contribution in [0.15, 0.2) is 30.5 Å². The van der Waals surface area contributed by atoms with Gasteiger partial charge in [0, 0.05) is 25.7 Å². The lowest BCUT2D eigenvalue weighted by atomic mass is 10.1. The third-order valence-corrected chi connectivity index (χ3v) is 5.78. The molecule has 0 radical (unpaired) electrons. The number of aromatic nitrogens is 2. The van der Waals surface area contributed by atoms with Gasteiger partial charge in [-0.05, 0) is 36.1 Å². The zero-order chi connectivity index (χ0) is 23.0. The second-order valence-corrected chi connectivity index (χ2v) is 8.40. The Morgan fingerprint density at radius 1 is 1.22 bits per heavy atom. The second-order valence-electron chi connectivity index (χ2n) is 8.40. The van der Waals surface area contributed by atoms with E-state index in [1.807, 2.05) is 19.9 Å². The molecule has 1 fully saturated rings. The molecule has 2 amide bonds. The molecule has 7 nitrogen and oxygen atoms in total. The maximum absolute atomic E-state index is 13.2. The van der Waals surface area contributed by atoms with Gasteiger partial charge in [-0.25, -0.2) is 14.8 Å². The number of hydrogen-bond donors (Lipinski definition) is 1. The van der Waals surface area contributed by atoms with Crippen LogP contribution in [-0.4, -0.2) is 47.1 Å². The van der Waals surface area contributed by atoms with Crippen molar-refractivity contribution in [3.8, 4) is 0 Å². The fourth-order valence-electron chi connectivity index (χ4n) is 4.00. The van der Waals surface area contributed by atoms with Crippen molar-refractivity contribution in [3.05, 3.63) is 41.7 Å². The molecular formula is C22H24F3N5O2. The van der Waals surface area contributed by atoms with E-state index in [4.69, 9.17) is 0 Å². The van der Waals surface area contributed by atoms with Crippen molar-refractivity contribution < 1.29 is 22.8 Å². The number of nitrogens with one attached hydrogen (secondary N) is 1. The van der Waals surface area contributed by atoms with Crippen molar-refractivity contribution >= 4 is 29.1 Å². The standard InChI is InChI=1S/C22H24F3N5O2/c1-13(2)14-3-6-19(26-11-14)28-21(32)30-15-8-10-29(12-15)17-5-4-16(27-20(17)30)18(31)7-9-22(23,24)25/h3-6,11,13,15H,7-10,12H2,1-2H3,(H,26,28,32)/t15-/m0/s1. The van der Waals surface area contributed by atoms with E-state index >= 15 is 0 Å². The number of rotatable bonds is 5. The van der Waals surface area contributed by atoms with Crippen molar-refractivity contribution in [2.24, 2.45) is 0 Å². The monoisotopic (exact) mass is 447 g/mol. The van der Waals surface area contributed by atoms with Gasteiger partial charge in [-0.1, -0.05) is 19.9 Å². The van der Waals surface area contributed by atoms with E-state index in [-0.39, 0.29) is 17.6 Å². The van der Waals surface area contributed by atoms with Gasteiger partial charge in [0.05, 0.1) is 18.2 Å². The summed E-state index contributed by atoms with van der Waals surface area (Å²) in [6.07, 6.45) is -3.88. The van der Waals surface area contributed by atoms with Gasteiger partial charge in [-0.15, -0.1) is 0 Å². The molecule has 0 aliphatic carbocycles. The Morgan fingerprint density at radius 2 is 2.00 bits per heavy atom. The topological polar surface area (TPSA) is 78.4 Å². The van der Waals surface area contributed by atoms with Gasteiger partial charge in [0.2, 0.25) is 0 Å². The van der Waals surface area contributed by atoms with Gasteiger partial charge in [0.15, 0.2) is 11.6 Å². The number of carbonyl (C=O) groups excluding carboxylic acids is 2. The van der Waals surface area contributed by atoms with E-state index in [0.29, 0.717) is 24.0 Å². The van der Waals surface area contributed by atoms with Crippen molar-refractivity contribution in [1.82, 2.24) is 9.97 Å². The Bertz CT molecular complexity index is 1020. The van der Waals surface area contributed by atoms with Gasteiger partial charge >= 0.3 is 12.2 Å². The lowest BCUT2D eigenvalue weighted by molar-refractivity contribution is -0.133. The Balaban J connectivity index is 1.58. The Labute approximate surface area is 183 Å². The van der Waals surface area contributed by atoms with Crippen LogP contribution in [0.2, 0.25) is 0 Å². The molecule has 10 heteroatoms. The first-order valence-electron chi connectivity index (χ1n) is 10.5. The molecule has 0 unspecified atom stereocenters. The number of fused-ring (bicyclic) bond motifs is 4. The third-order valence-electron chi connectivity index (χ3n) is 5.78. The molecule has 1 saturated heterocycles. The molecule has 4 heterocycles. The molecule has 2 aromatic heterocycles. The molecule has 2 bridgehead atoms. The summed E-state index contributed by atoms with van der Waals surface area (Å²) in [7, 11) is 0. The summed E-state index contributed by atoms with van der Waals surface area (Å²) < 4.78 is 37.5. The first-order valence-corrected chi connectivity index (χ1v) is 10.5. The Hall–Kier alpha value is -3.17. The van der Waals surface area contributed by atoms with Crippen LogP contribution in [0.1, 0.15) is 55.1 Å². The normalized spacial score (nSPS) is 17.5. The van der Waals surface area contributed by atoms with E-state index in [1.165, 1.54) is 11.0 Å². The minimum absolute atomic E-state index is 0.0762. The van der Waals surface area contributed by atoms with Crippen LogP contribution in [-0.2, 0) is 0 Å². The number of anilines is 3. The van der Waals surface area contributed by atoms with E-state index in [9.17, 15) is 22.8 Å². The summed E-state index contributed by atoms with van der Waals surface area (Å²) >= 11 is 0. The number of alkyl halides is 3. The number of Topliss-reactive ketones (excluding diaryl/α,β-unsaturated/α-hetero) is 1. The maximum atomic E-state index is 13.2. The van der Waals surface area contributed by atoms with E-state index in [2.05, 4.69) is 20.2 Å². The summed E-state index contributed by atoms with van der Waals surface area (Å²) in [4.78, 5) is 37.6. The summed E-state index contributed by atoms with van der Waals surface area (Å²) in [6, 6.07) is 6.12. The van der Waals surface area contributed by atoms with Crippen LogP contribution in [0.4, 0.5) is 35.3 Å². The second kappa shape index (κ2) is 8.40. The molecule has 0 aromatic carbocycles. The van der Waals surface area contributed by atoms with Gasteiger partial charge in [-0.3, -0.25) is 15.0 Å². The lowest BCUT2D eigenvalue weighted by Crippen LogP contribution is -2.48. The predicted molar refractivity (Wildman–Crippen MR) is 114 cm³/mol. The fraction of sp³-hybridized carbons (Fsp3) is 0.455. The molecule has 2 aromatic rings. The number of carbonyl (C=O) groups is 2. The smallest absolute Gasteiger partial charge is 0.366 e. The molecule has 1 atom stereocenters. The minimum atomic E-state index is -4.42. The molecule has 4 rings (SSSR count). The SMILES string of the molecule is CC(C)c1ccc(NC(=O)N2c3nc(C(=O)CCC(F)(F)F)ccc3N3CC[C@H]2C3)nc1. The number of amides is 2. The molecule has 1 N–H and O–H groups in total. The number of halogens is 3. The number of hydrogen-bond acceptors (Lipinski definition) is 5. The highest BCUT2D eigenvalue weighted by atomic mass is 19.4. The van der Waals surface area contributed by atoms with Gasteiger partial charge in [0.25, 0.3) is 0 Å². The van der Waals surface area contributed by atoms with Gasteiger partial charge in [-0.2, -0.15) is 13.2 Å². The number of urea groups is 1. The van der Waals surface area contributed by atoms with Crippen LogP contribution >= 0.6 is 0 Å². The minimum Gasteiger partial charge on any atom is -0.366 e. The molecule has 2 aliphatic rings. The van der Waals surface area contributed by atoms with Crippen LogP contribution in [0.3, 0.4) is 0 Å². The molecule has 2 aliphatic heterocycles. The van der Waals surface area contributed by atoms with E-state index < -0.39 is 30.8 Å². The maximum Gasteiger partial charge on any atom is 0.389 e. The van der Waals surface area contributed by atoms with Crippen LogP contribution in [0.25, 0.3) is 0 Å². The van der Waals surface area contributed by atoms with Crippen LogP contribution < -0.4 is 15.1 Å². The van der Waals surface area contributed by atoms with Crippen molar-refractivity contribution in [2.75, 3.05) is 28.2 Å². The van der Waals surface area contributed by atoms with Gasteiger partial charge < -0.3 is 4.90 Å². The fourth-order valence-corrected chi connectivity index (χ4v) is 4.00. The number of ketones is 1. The van der Waals surface area contributed by atoms with Crippen molar-refractivity contribution in [1.29, 1.82) is 0 Å². The van der Waals surface area contributed by atoms with E-state index in [1.54, 1.807) is 18.3 Å². The summed E-state index contributed by atoms with van der Waals surface area (Å²) in [6.45, 7) is 5.45. The summed E-state index contributed by atoms with van der Waals surface area (Å²) in [5.41, 5.74) is 1.65. The average molecular weight is 447 g/mol. The number of nitrogens with zero attached hydrogens (tertiary/aromatic N) is 4. The largest absolute Gasteiger partial charge is 0.389 e. The van der Waals surface area contributed by atoms with Crippen LogP contribution in [0, 0.1) is 0 Å². The highest BCUT2D eigenvalue weighted by Crippen LogP contribution is 2.39. The van der Waals surface area contributed by atoms with E-state index in [0.717, 1.165) is 18.5 Å². The lowest BCUT2D eigenvalue weighted by Gasteiger charge is -2.35. The van der Waals surface area contributed by atoms with Crippen molar-refractivity contribution in [3.63, 3.8) is 0 Å². The highest BCUT2D eigenvalue weighted by Gasteiger charge is 2.40. The molecule has 170 valence electrons. The van der Waals surface area contributed by atoms with Crippen molar-refractivity contribution in [2.45, 2.75) is 51.2 Å².